The van der Waals surface area contributed by atoms with Crippen molar-refractivity contribution in [1.82, 2.24) is 4.98 Å². The summed E-state index contributed by atoms with van der Waals surface area (Å²) in [6.07, 6.45) is 3.69. The Labute approximate surface area is 109 Å². The molecule has 1 aliphatic rings. The highest BCUT2D eigenvalue weighted by atomic mass is 16.5. The lowest BCUT2D eigenvalue weighted by atomic mass is 9.79. The molecular weight excluding hydrogens is 226 g/mol. The van der Waals surface area contributed by atoms with Crippen LogP contribution in [0.3, 0.4) is 0 Å². The van der Waals surface area contributed by atoms with Gasteiger partial charge in [0.05, 0.1) is 12.8 Å². The summed E-state index contributed by atoms with van der Waals surface area (Å²) in [6.45, 7) is 4.67. The first-order valence-electron chi connectivity index (χ1n) is 6.67. The normalized spacial score (nSPS) is 27.8. The number of nitrogen functional groups attached to an aromatic ring is 1. The van der Waals surface area contributed by atoms with Gasteiger partial charge in [-0.2, -0.15) is 4.98 Å². The van der Waals surface area contributed by atoms with Crippen molar-refractivity contribution in [2.45, 2.75) is 39.2 Å². The van der Waals surface area contributed by atoms with Gasteiger partial charge in [-0.25, -0.2) is 0 Å². The van der Waals surface area contributed by atoms with Crippen LogP contribution in [0.15, 0.2) is 12.1 Å². The van der Waals surface area contributed by atoms with Crippen molar-refractivity contribution < 1.29 is 4.74 Å². The maximum atomic E-state index is 5.76. The summed E-state index contributed by atoms with van der Waals surface area (Å²) in [5.74, 6) is 2.95. The van der Waals surface area contributed by atoms with Crippen LogP contribution in [0.25, 0.3) is 0 Å². The van der Waals surface area contributed by atoms with E-state index >= 15 is 0 Å². The highest BCUT2D eigenvalue weighted by molar-refractivity contribution is 5.53. The third-order valence-electron chi connectivity index (χ3n) is 4.03. The number of ether oxygens (including phenoxy) is 1. The van der Waals surface area contributed by atoms with Crippen LogP contribution in [0.5, 0.6) is 5.88 Å². The zero-order chi connectivity index (χ0) is 13.1. The highest BCUT2D eigenvalue weighted by Crippen LogP contribution is 2.31. The van der Waals surface area contributed by atoms with E-state index in [2.05, 4.69) is 24.1 Å². The molecule has 4 nitrogen and oxygen atoms in total. The fourth-order valence-corrected chi connectivity index (χ4v) is 2.58. The predicted octanol–water partition coefficient (Wildman–Crippen LogP) is 2.91. The third-order valence-corrected chi connectivity index (χ3v) is 4.03. The van der Waals surface area contributed by atoms with E-state index in [1.54, 1.807) is 7.11 Å². The van der Waals surface area contributed by atoms with Crippen molar-refractivity contribution in [1.29, 1.82) is 0 Å². The Kier molecular flexibility index (Phi) is 3.94. The quantitative estimate of drug-likeness (QED) is 0.864. The van der Waals surface area contributed by atoms with Crippen LogP contribution < -0.4 is 15.8 Å². The molecule has 1 aromatic rings. The van der Waals surface area contributed by atoms with Crippen LogP contribution in [0.1, 0.15) is 33.1 Å². The van der Waals surface area contributed by atoms with Gasteiger partial charge in [-0.15, -0.1) is 0 Å². The molecule has 0 spiro atoms. The van der Waals surface area contributed by atoms with E-state index in [1.165, 1.54) is 19.3 Å². The zero-order valence-electron chi connectivity index (χ0n) is 11.4. The van der Waals surface area contributed by atoms with Crippen LogP contribution >= 0.6 is 0 Å². The van der Waals surface area contributed by atoms with E-state index in [0.717, 1.165) is 17.7 Å². The minimum Gasteiger partial charge on any atom is -0.479 e. The number of hydrogen-bond acceptors (Lipinski definition) is 4. The number of aromatic nitrogens is 1. The number of nitrogens with one attached hydrogen (secondary N) is 1. The first-order chi connectivity index (χ1) is 8.60. The summed E-state index contributed by atoms with van der Waals surface area (Å²) in [7, 11) is 1.59. The lowest BCUT2D eigenvalue weighted by molar-refractivity contribution is 0.260. The number of nitrogens with two attached hydrogens (primary N) is 1. The Bertz CT molecular complexity index is 408. The molecule has 0 aromatic carbocycles. The van der Waals surface area contributed by atoms with Gasteiger partial charge >= 0.3 is 0 Å². The number of hydrogen-bond donors (Lipinski definition) is 2. The van der Waals surface area contributed by atoms with Gasteiger partial charge in [0.15, 0.2) is 0 Å². The Morgan fingerprint density at radius 2 is 2.06 bits per heavy atom. The maximum Gasteiger partial charge on any atom is 0.238 e. The van der Waals surface area contributed by atoms with Crippen LogP contribution in [0.2, 0.25) is 0 Å². The number of methoxy groups -OCH3 is 1. The topological polar surface area (TPSA) is 60.2 Å². The average molecular weight is 249 g/mol. The smallest absolute Gasteiger partial charge is 0.238 e. The summed E-state index contributed by atoms with van der Waals surface area (Å²) >= 11 is 0. The van der Waals surface area contributed by atoms with Gasteiger partial charge < -0.3 is 15.8 Å². The van der Waals surface area contributed by atoms with Crippen molar-refractivity contribution in [3.05, 3.63) is 12.1 Å². The summed E-state index contributed by atoms with van der Waals surface area (Å²) in [5, 5.41) is 3.49. The van der Waals surface area contributed by atoms with E-state index in [-0.39, 0.29) is 0 Å². The molecule has 0 bridgehead atoms. The molecule has 18 heavy (non-hydrogen) atoms. The summed E-state index contributed by atoms with van der Waals surface area (Å²) in [6, 6.07) is 4.26. The first kappa shape index (κ1) is 13.0. The standard InChI is InChI=1S/C14H23N3O/c1-9-4-5-11(8-10(9)2)16-13-7-6-12(15)14(17-13)18-3/h6-7,9-11H,4-5,8,15H2,1-3H3,(H,16,17). The molecule has 1 saturated carbocycles. The molecule has 3 N–H and O–H groups in total. The minimum absolute atomic E-state index is 0.497. The van der Waals surface area contributed by atoms with Gasteiger partial charge in [-0.05, 0) is 43.2 Å². The zero-order valence-corrected chi connectivity index (χ0v) is 11.4. The molecule has 2 rings (SSSR count). The molecule has 3 unspecified atom stereocenters. The van der Waals surface area contributed by atoms with E-state index in [9.17, 15) is 0 Å². The largest absolute Gasteiger partial charge is 0.479 e. The van der Waals surface area contributed by atoms with Gasteiger partial charge in [0.1, 0.15) is 5.82 Å². The summed E-state index contributed by atoms with van der Waals surface area (Å²) in [4.78, 5) is 4.37. The first-order valence-corrected chi connectivity index (χ1v) is 6.67. The fraction of sp³-hybridized carbons (Fsp3) is 0.643. The van der Waals surface area contributed by atoms with E-state index in [0.29, 0.717) is 17.6 Å². The Hall–Kier alpha value is -1.45. The van der Waals surface area contributed by atoms with E-state index in [4.69, 9.17) is 10.5 Å². The van der Waals surface area contributed by atoms with Gasteiger partial charge in [0.2, 0.25) is 5.88 Å². The number of pyridine rings is 1. The average Bonchev–Trinajstić information content (AvgIpc) is 2.36. The predicted molar refractivity (Wildman–Crippen MR) is 74.8 cm³/mol. The second-order valence-electron chi connectivity index (χ2n) is 5.40. The van der Waals surface area contributed by atoms with Crippen molar-refractivity contribution in [2.75, 3.05) is 18.2 Å². The molecule has 1 fully saturated rings. The highest BCUT2D eigenvalue weighted by Gasteiger charge is 2.24. The second-order valence-corrected chi connectivity index (χ2v) is 5.40. The molecule has 3 atom stereocenters. The Morgan fingerprint density at radius 1 is 1.28 bits per heavy atom. The molecular formula is C14H23N3O. The third kappa shape index (κ3) is 2.86. The van der Waals surface area contributed by atoms with Crippen LogP contribution in [0, 0.1) is 11.8 Å². The Morgan fingerprint density at radius 3 is 2.72 bits per heavy atom. The molecule has 1 aromatic heterocycles. The van der Waals surface area contributed by atoms with Crippen LogP contribution in [0.4, 0.5) is 11.5 Å². The fourth-order valence-electron chi connectivity index (χ4n) is 2.58. The molecule has 1 heterocycles. The lowest BCUT2D eigenvalue weighted by Crippen LogP contribution is -2.30. The molecule has 0 aliphatic heterocycles. The second kappa shape index (κ2) is 5.46. The van der Waals surface area contributed by atoms with Crippen LogP contribution in [-0.4, -0.2) is 18.1 Å². The van der Waals surface area contributed by atoms with Gasteiger partial charge in [-0.1, -0.05) is 13.8 Å². The molecule has 100 valence electrons. The monoisotopic (exact) mass is 249 g/mol. The molecule has 0 saturated heterocycles. The van der Waals surface area contributed by atoms with Gasteiger partial charge in [0, 0.05) is 6.04 Å². The van der Waals surface area contributed by atoms with E-state index in [1.807, 2.05) is 12.1 Å². The lowest BCUT2D eigenvalue weighted by Gasteiger charge is -2.32. The summed E-state index contributed by atoms with van der Waals surface area (Å²) < 4.78 is 5.14. The molecule has 1 aliphatic carbocycles. The Balaban J connectivity index is 2.01. The van der Waals surface area contributed by atoms with Gasteiger partial charge in [0.25, 0.3) is 0 Å². The maximum absolute atomic E-state index is 5.76. The van der Waals surface area contributed by atoms with Crippen molar-refractivity contribution in [3.63, 3.8) is 0 Å². The molecule has 0 amide bonds. The van der Waals surface area contributed by atoms with Gasteiger partial charge in [-0.3, -0.25) is 0 Å². The van der Waals surface area contributed by atoms with Crippen molar-refractivity contribution >= 4 is 11.5 Å². The number of anilines is 2. The summed E-state index contributed by atoms with van der Waals surface area (Å²) in [5.41, 5.74) is 6.34. The number of rotatable bonds is 3. The van der Waals surface area contributed by atoms with Crippen molar-refractivity contribution in [2.24, 2.45) is 11.8 Å². The van der Waals surface area contributed by atoms with E-state index < -0.39 is 0 Å². The molecule has 0 radical (unpaired) electrons. The number of nitrogens with zero attached hydrogens (tertiary/aromatic N) is 1. The minimum atomic E-state index is 0.497. The SMILES string of the molecule is COc1nc(NC2CCC(C)C(C)C2)ccc1N. The van der Waals surface area contributed by atoms with Crippen molar-refractivity contribution in [3.8, 4) is 5.88 Å². The molecule has 4 heteroatoms. The van der Waals surface area contributed by atoms with Crippen LogP contribution in [-0.2, 0) is 0 Å².